The van der Waals surface area contributed by atoms with Gasteiger partial charge in [-0.25, -0.2) is 14.8 Å². The number of aromatic nitrogens is 2. The van der Waals surface area contributed by atoms with Gasteiger partial charge in [0.15, 0.2) is 0 Å². The zero-order valence-corrected chi connectivity index (χ0v) is 9.50. The summed E-state index contributed by atoms with van der Waals surface area (Å²) in [5.74, 6) is -2.40. The Morgan fingerprint density at radius 3 is 2.63 bits per heavy atom. The summed E-state index contributed by atoms with van der Waals surface area (Å²) in [7, 11) is 0. The van der Waals surface area contributed by atoms with Crippen molar-refractivity contribution in [3.8, 4) is 0 Å². The normalized spacial score (nSPS) is 9.95. The molecule has 0 radical (unpaired) electrons. The van der Waals surface area contributed by atoms with Crippen molar-refractivity contribution in [2.75, 3.05) is 5.32 Å². The number of anilines is 1. The summed E-state index contributed by atoms with van der Waals surface area (Å²) in [5, 5.41) is 11.2. The van der Waals surface area contributed by atoms with Gasteiger partial charge in [-0.1, -0.05) is 0 Å². The van der Waals surface area contributed by atoms with E-state index in [0.717, 1.165) is 12.3 Å². The van der Waals surface area contributed by atoms with Crippen LogP contribution < -0.4 is 5.32 Å². The van der Waals surface area contributed by atoms with Crippen molar-refractivity contribution < 1.29 is 19.1 Å². The Bertz CT molecular complexity index is 628. The first-order valence-electron chi connectivity index (χ1n) is 5.18. The van der Waals surface area contributed by atoms with E-state index < -0.39 is 17.8 Å². The van der Waals surface area contributed by atoms with Gasteiger partial charge in [0.25, 0.3) is 5.91 Å². The monoisotopic (exact) mass is 261 g/mol. The maximum absolute atomic E-state index is 12.6. The number of hydrogen-bond donors (Lipinski definition) is 2. The number of carbonyl (C=O) groups excluding carboxylic acids is 1. The van der Waals surface area contributed by atoms with Crippen LogP contribution in [0.2, 0.25) is 0 Å². The molecule has 0 saturated carbocycles. The Balaban J connectivity index is 2.17. The van der Waals surface area contributed by atoms with Gasteiger partial charge in [0.1, 0.15) is 5.69 Å². The molecule has 7 heteroatoms. The molecule has 0 spiro atoms. The van der Waals surface area contributed by atoms with E-state index in [1.54, 1.807) is 0 Å². The highest BCUT2D eigenvalue weighted by molar-refractivity contribution is 6.04. The summed E-state index contributed by atoms with van der Waals surface area (Å²) in [6.07, 6.45) is 2.35. The van der Waals surface area contributed by atoms with Crippen LogP contribution in [-0.4, -0.2) is 27.0 Å². The van der Waals surface area contributed by atoms with Gasteiger partial charge in [0, 0.05) is 18.1 Å². The third kappa shape index (κ3) is 3.09. The number of amides is 1. The topological polar surface area (TPSA) is 92.2 Å². The van der Waals surface area contributed by atoms with Gasteiger partial charge in [0.2, 0.25) is 5.95 Å². The second kappa shape index (κ2) is 5.21. The first-order chi connectivity index (χ1) is 9.06. The predicted molar refractivity (Wildman–Crippen MR) is 63.3 cm³/mol. The predicted octanol–water partition coefficient (Wildman–Crippen LogP) is 1.57. The molecule has 0 aliphatic rings. The van der Waals surface area contributed by atoms with Crippen LogP contribution in [-0.2, 0) is 0 Å². The fraction of sp³-hybridized carbons (Fsp3) is 0. The van der Waals surface area contributed by atoms with Crippen LogP contribution in [0.5, 0.6) is 0 Å². The maximum Gasteiger partial charge on any atom is 0.354 e. The Kier molecular flexibility index (Phi) is 3.46. The Labute approximate surface area is 106 Å². The Morgan fingerprint density at radius 2 is 2.00 bits per heavy atom. The van der Waals surface area contributed by atoms with Gasteiger partial charge in [0.05, 0.1) is 5.56 Å². The largest absolute Gasteiger partial charge is 0.477 e. The summed E-state index contributed by atoms with van der Waals surface area (Å²) in [6, 6.07) is 5.00. The lowest BCUT2D eigenvalue weighted by molar-refractivity contribution is 0.0690. The molecule has 2 N–H and O–H groups in total. The first kappa shape index (κ1) is 12.6. The van der Waals surface area contributed by atoms with Crippen molar-refractivity contribution in [1.82, 2.24) is 9.97 Å². The molecule has 0 aromatic carbocycles. The maximum atomic E-state index is 12.6. The number of pyridine rings is 2. The van der Waals surface area contributed by atoms with E-state index in [4.69, 9.17) is 5.11 Å². The first-order valence-corrected chi connectivity index (χ1v) is 5.18. The van der Waals surface area contributed by atoms with Crippen molar-refractivity contribution in [1.29, 1.82) is 0 Å². The summed E-state index contributed by atoms with van der Waals surface area (Å²) >= 11 is 0. The smallest absolute Gasteiger partial charge is 0.354 e. The third-order valence-corrected chi connectivity index (χ3v) is 2.23. The molecule has 1 amide bonds. The summed E-state index contributed by atoms with van der Waals surface area (Å²) in [4.78, 5) is 29.5. The molecule has 19 heavy (non-hydrogen) atoms. The molecule has 2 rings (SSSR count). The van der Waals surface area contributed by atoms with Crippen LogP contribution >= 0.6 is 0 Å². The lowest BCUT2D eigenvalue weighted by atomic mass is 10.2. The van der Waals surface area contributed by atoms with Crippen LogP contribution in [0.25, 0.3) is 0 Å². The SMILES string of the molecule is O=C(Nc1ccnc(C(=O)O)c1)c1ccc(F)nc1. The number of rotatable bonds is 3. The van der Waals surface area contributed by atoms with E-state index in [-0.39, 0.29) is 16.9 Å². The van der Waals surface area contributed by atoms with E-state index in [9.17, 15) is 14.0 Å². The highest BCUT2D eigenvalue weighted by atomic mass is 19.1. The summed E-state index contributed by atoms with van der Waals surface area (Å²) in [6.45, 7) is 0. The van der Waals surface area contributed by atoms with Gasteiger partial charge in [-0.15, -0.1) is 0 Å². The van der Waals surface area contributed by atoms with Gasteiger partial charge in [-0.05, 0) is 24.3 Å². The molecule has 0 unspecified atom stereocenters. The van der Waals surface area contributed by atoms with Crippen molar-refractivity contribution in [2.45, 2.75) is 0 Å². The number of carboxylic acids is 1. The molecule has 0 fully saturated rings. The minimum absolute atomic E-state index is 0.162. The molecular formula is C12H8FN3O3. The average Bonchev–Trinajstić information content (AvgIpc) is 2.39. The highest BCUT2D eigenvalue weighted by Crippen LogP contribution is 2.10. The molecule has 2 aromatic heterocycles. The third-order valence-electron chi connectivity index (χ3n) is 2.23. The molecule has 2 aromatic rings. The van der Waals surface area contributed by atoms with Crippen LogP contribution in [0, 0.1) is 5.95 Å². The van der Waals surface area contributed by atoms with Crippen LogP contribution in [0.1, 0.15) is 20.8 Å². The molecule has 96 valence electrons. The Morgan fingerprint density at radius 1 is 1.21 bits per heavy atom. The molecule has 0 bridgehead atoms. The van der Waals surface area contributed by atoms with Crippen molar-refractivity contribution in [3.05, 3.63) is 53.9 Å². The quantitative estimate of drug-likeness (QED) is 0.818. The highest BCUT2D eigenvalue weighted by Gasteiger charge is 2.09. The number of carboxylic acid groups (broad SMARTS) is 1. The van der Waals surface area contributed by atoms with E-state index in [2.05, 4.69) is 15.3 Å². The zero-order valence-electron chi connectivity index (χ0n) is 9.50. The lowest BCUT2D eigenvalue weighted by Gasteiger charge is -2.05. The number of nitrogens with one attached hydrogen (secondary N) is 1. The number of hydrogen-bond acceptors (Lipinski definition) is 4. The molecule has 0 saturated heterocycles. The minimum atomic E-state index is -1.19. The van der Waals surface area contributed by atoms with E-state index in [1.165, 1.54) is 24.4 Å². The van der Waals surface area contributed by atoms with E-state index in [1.807, 2.05) is 0 Å². The molecule has 0 aliphatic heterocycles. The molecule has 2 heterocycles. The van der Waals surface area contributed by atoms with Gasteiger partial charge in [-0.3, -0.25) is 4.79 Å². The van der Waals surface area contributed by atoms with Gasteiger partial charge < -0.3 is 10.4 Å². The van der Waals surface area contributed by atoms with Crippen LogP contribution in [0.4, 0.5) is 10.1 Å². The minimum Gasteiger partial charge on any atom is -0.477 e. The molecule has 0 atom stereocenters. The van der Waals surface area contributed by atoms with Crippen LogP contribution in [0.15, 0.2) is 36.7 Å². The van der Waals surface area contributed by atoms with E-state index in [0.29, 0.717) is 0 Å². The number of carbonyl (C=O) groups is 2. The number of aromatic carboxylic acids is 1. The van der Waals surface area contributed by atoms with Crippen LogP contribution in [0.3, 0.4) is 0 Å². The Hall–Kier alpha value is -2.83. The average molecular weight is 261 g/mol. The fourth-order valence-electron chi connectivity index (χ4n) is 1.34. The standard InChI is InChI=1S/C12H8FN3O3/c13-10-2-1-7(6-15-10)11(17)16-8-3-4-14-9(5-8)12(18)19/h1-6H,(H,18,19)(H,14,16,17). The molecular weight excluding hydrogens is 253 g/mol. The van der Waals surface area contributed by atoms with Crippen molar-refractivity contribution in [3.63, 3.8) is 0 Å². The van der Waals surface area contributed by atoms with Crippen molar-refractivity contribution in [2.24, 2.45) is 0 Å². The van der Waals surface area contributed by atoms with E-state index >= 15 is 0 Å². The van der Waals surface area contributed by atoms with Crippen molar-refractivity contribution >= 4 is 17.6 Å². The summed E-state index contributed by atoms with van der Waals surface area (Å²) < 4.78 is 12.6. The summed E-state index contributed by atoms with van der Waals surface area (Å²) in [5.41, 5.74) is 0.256. The van der Waals surface area contributed by atoms with Gasteiger partial charge in [-0.2, -0.15) is 4.39 Å². The van der Waals surface area contributed by atoms with Gasteiger partial charge >= 0.3 is 5.97 Å². The fourth-order valence-corrected chi connectivity index (χ4v) is 1.34. The molecule has 0 aliphatic carbocycles. The number of nitrogens with zero attached hydrogens (tertiary/aromatic N) is 2. The molecule has 6 nitrogen and oxygen atoms in total. The number of halogens is 1. The lowest BCUT2D eigenvalue weighted by Crippen LogP contribution is -2.13. The second-order valence-electron chi connectivity index (χ2n) is 3.56. The second-order valence-corrected chi connectivity index (χ2v) is 3.56. The zero-order chi connectivity index (χ0) is 13.8.